The molecule has 4 rings (SSSR count). The van der Waals surface area contributed by atoms with Crippen LogP contribution < -0.4 is 15.4 Å². The van der Waals surface area contributed by atoms with Gasteiger partial charge in [0.1, 0.15) is 11.4 Å². The number of hydrogen-bond donors (Lipinski definition) is 2. The summed E-state index contributed by atoms with van der Waals surface area (Å²) in [6.45, 7) is 4.86. The minimum Gasteiger partial charge on any atom is -0.497 e. The molecule has 0 aliphatic carbocycles. The first kappa shape index (κ1) is 22.1. The molecule has 1 aromatic carbocycles. The van der Waals surface area contributed by atoms with Gasteiger partial charge in [-0.3, -0.25) is 9.89 Å². The van der Waals surface area contributed by atoms with Crippen LogP contribution in [0.25, 0.3) is 5.65 Å². The molecule has 1 atom stereocenters. The molecule has 3 heterocycles. The Balaban J connectivity index is 1.34. The predicted molar refractivity (Wildman–Crippen MR) is 126 cm³/mol. The van der Waals surface area contributed by atoms with Gasteiger partial charge in [-0.05, 0) is 29.8 Å². The Morgan fingerprint density at radius 1 is 1.16 bits per heavy atom. The highest BCUT2D eigenvalue weighted by Crippen LogP contribution is 2.23. The van der Waals surface area contributed by atoms with E-state index in [4.69, 9.17) is 9.47 Å². The molecule has 1 aliphatic heterocycles. The molecule has 8 nitrogen and oxygen atoms in total. The fourth-order valence-corrected chi connectivity index (χ4v) is 4.00. The minimum absolute atomic E-state index is 0.224. The van der Waals surface area contributed by atoms with E-state index in [0.29, 0.717) is 0 Å². The first-order valence-electron chi connectivity index (χ1n) is 11.1. The number of methoxy groups -OCH3 is 1. The average molecular weight is 437 g/mol. The van der Waals surface area contributed by atoms with Crippen LogP contribution in [0.1, 0.15) is 17.3 Å². The van der Waals surface area contributed by atoms with Gasteiger partial charge in [0.05, 0.1) is 32.1 Å². The van der Waals surface area contributed by atoms with Gasteiger partial charge in [-0.25, -0.2) is 4.98 Å². The van der Waals surface area contributed by atoms with Crippen LogP contribution in [-0.4, -0.2) is 73.8 Å². The van der Waals surface area contributed by atoms with Crippen LogP contribution in [0.2, 0.25) is 0 Å². The van der Waals surface area contributed by atoms with E-state index < -0.39 is 0 Å². The van der Waals surface area contributed by atoms with Crippen molar-refractivity contribution >= 4 is 11.6 Å². The lowest BCUT2D eigenvalue weighted by Gasteiger charge is -2.35. The fraction of sp³-hybridized carbons (Fsp3) is 0.417. The first-order chi connectivity index (χ1) is 15.8. The molecule has 2 aromatic heterocycles. The van der Waals surface area contributed by atoms with Crippen molar-refractivity contribution in [3.05, 3.63) is 66.1 Å². The van der Waals surface area contributed by atoms with Crippen LogP contribution in [0.5, 0.6) is 5.75 Å². The molecule has 1 saturated heterocycles. The van der Waals surface area contributed by atoms with Crippen molar-refractivity contribution in [3.63, 3.8) is 0 Å². The van der Waals surface area contributed by atoms with E-state index in [0.717, 1.165) is 68.9 Å². The maximum Gasteiger partial charge on any atom is 0.191 e. The molecular weight excluding hydrogens is 404 g/mol. The fourth-order valence-electron chi connectivity index (χ4n) is 4.00. The minimum atomic E-state index is 0.224. The van der Waals surface area contributed by atoms with Crippen molar-refractivity contribution < 1.29 is 9.47 Å². The van der Waals surface area contributed by atoms with Crippen molar-refractivity contribution in [1.82, 2.24) is 24.9 Å². The summed E-state index contributed by atoms with van der Waals surface area (Å²) in [6, 6.07) is 14.6. The van der Waals surface area contributed by atoms with Crippen LogP contribution in [0.4, 0.5) is 0 Å². The number of morpholine rings is 1. The highest BCUT2D eigenvalue weighted by Gasteiger charge is 2.23. The third-order valence-electron chi connectivity index (χ3n) is 5.76. The second-order valence-corrected chi connectivity index (χ2v) is 7.77. The van der Waals surface area contributed by atoms with E-state index in [1.807, 2.05) is 40.9 Å². The SMILES string of the molecule is CN=C(NCCc1cn2ccccc2n1)NCC(c1ccc(OC)cc1)N1CCOCC1. The van der Waals surface area contributed by atoms with E-state index >= 15 is 0 Å². The molecule has 8 heteroatoms. The molecule has 1 aliphatic rings. The highest BCUT2D eigenvalue weighted by molar-refractivity contribution is 5.79. The summed E-state index contributed by atoms with van der Waals surface area (Å²) in [7, 11) is 3.50. The van der Waals surface area contributed by atoms with Gasteiger partial charge in [-0.2, -0.15) is 0 Å². The summed E-state index contributed by atoms with van der Waals surface area (Å²) >= 11 is 0. The summed E-state index contributed by atoms with van der Waals surface area (Å²) in [6.07, 6.45) is 4.92. The highest BCUT2D eigenvalue weighted by atomic mass is 16.5. The van der Waals surface area contributed by atoms with Gasteiger partial charge in [0, 0.05) is 52.0 Å². The van der Waals surface area contributed by atoms with Crippen LogP contribution >= 0.6 is 0 Å². The summed E-state index contributed by atoms with van der Waals surface area (Å²) in [5.41, 5.74) is 3.28. The number of nitrogens with one attached hydrogen (secondary N) is 2. The number of benzene rings is 1. The average Bonchev–Trinajstić information content (AvgIpc) is 3.27. The molecule has 0 saturated carbocycles. The Bertz CT molecular complexity index is 978. The number of imidazole rings is 1. The largest absolute Gasteiger partial charge is 0.497 e. The van der Waals surface area contributed by atoms with E-state index in [-0.39, 0.29) is 6.04 Å². The van der Waals surface area contributed by atoms with E-state index in [1.165, 1.54) is 5.56 Å². The van der Waals surface area contributed by atoms with Crippen LogP contribution in [-0.2, 0) is 11.2 Å². The maximum atomic E-state index is 5.56. The quantitative estimate of drug-likeness (QED) is 0.416. The molecule has 0 amide bonds. The van der Waals surface area contributed by atoms with Crippen molar-refractivity contribution in [2.45, 2.75) is 12.5 Å². The smallest absolute Gasteiger partial charge is 0.191 e. The first-order valence-corrected chi connectivity index (χ1v) is 11.1. The molecule has 0 spiro atoms. The van der Waals surface area contributed by atoms with Gasteiger partial charge in [0.2, 0.25) is 0 Å². The Morgan fingerprint density at radius 2 is 1.97 bits per heavy atom. The summed E-state index contributed by atoms with van der Waals surface area (Å²) in [5.74, 6) is 1.66. The second-order valence-electron chi connectivity index (χ2n) is 7.77. The maximum absolute atomic E-state index is 5.56. The Morgan fingerprint density at radius 3 is 2.69 bits per heavy atom. The number of aliphatic imine (C=N–C) groups is 1. The number of ether oxygens (including phenoxy) is 2. The Hall–Kier alpha value is -3.10. The van der Waals surface area contributed by atoms with Crippen LogP contribution in [0.3, 0.4) is 0 Å². The van der Waals surface area contributed by atoms with E-state index in [2.05, 4.69) is 43.8 Å². The van der Waals surface area contributed by atoms with Gasteiger partial charge in [-0.15, -0.1) is 0 Å². The molecule has 2 N–H and O–H groups in total. The summed E-state index contributed by atoms with van der Waals surface area (Å²) in [4.78, 5) is 11.5. The lowest BCUT2D eigenvalue weighted by Crippen LogP contribution is -2.46. The van der Waals surface area contributed by atoms with E-state index in [9.17, 15) is 0 Å². The molecular formula is C24H32N6O2. The van der Waals surface area contributed by atoms with Crippen molar-refractivity contribution in [2.75, 3.05) is 53.6 Å². The third-order valence-corrected chi connectivity index (χ3v) is 5.76. The lowest BCUT2D eigenvalue weighted by molar-refractivity contribution is 0.0170. The van der Waals surface area contributed by atoms with Gasteiger partial charge >= 0.3 is 0 Å². The molecule has 1 unspecified atom stereocenters. The molecule has 32 heavy (non-hydrogen) atoms. The van der Waals surface area contributed by atoms with Gasteiger partial charge in [-0.1, -0.05) is 18.2 Å². The molecule has 0 radical (unpaired) electrons. The normalized spacial score (nSPS) is 16.1. The van der Waals surface area contributed by atoms with Gasteiger partial charge in [0.15, 0.2) is 5.96 Å². The number of rotatable bonds is 8. The molecule has 1 fully saturated rings. The number of guanidine groups is 1. The second kappa shape index (κ2) is 11.0. The summed E-state index contributed by atoms with van der Waals surface area (Å²) in [5, 5.41) is 6.92. The van der Waals surface area contributed by atoms with Crippen LogP contribution in [0, 0.1) is 0 Å². The number of aromatic nitrogens is 2. The zero-order valence-corrected chi connectivity index (χ0v) is 18.8. The summed E-state index contributed by atoms with van der Waals surface area (Å²) < 4.78 is 12.9. The molecule has 3 aromatic rings. The number of hydrogen-bond acceptors (Lipinski definition) is 5. The Labute approximate surface area is 189 Å². The zero-order chi connectivity index (χ0) is 22.2. The number of pyridine rings is 1. The monoisotopic (exact) mass is 436 g/mol. The standard InChI is InChI=1S/C24H32N6O2/c1-25-24(26-11-10-20-18-30-12-4-3-5-23(30)28-20)27-17-22(29-13-15-32-16-14-29)19-6-8-21(31-2)9-7-19/h3-9,12,18,22H,10-11,13-17H2,1-2H3,(H2,25,26,27). The van der Waals surface area contributed by atoms with Crippen LogP contribution in [0.15, 0.2) is 59.9 Å². The van der Waals surface area contributed by atoms with Crippen molar-refractivity contribution in [3.8, 4) is 5.75 Å². The molecule has 0 bridgehead atoms. The van der Waals surface area contributed by atoms with Crippen molar-refractivity contribution in [1.29, 1.82) is 0 Å². The van der Waals surface area contributed by atoms with Gasteiger partial charge in [0.25, 0.3) is 0 Å². The van der Waals surface area contributed by atoms with E-state index in [1.54, 1.807) is 14.2 Å². The number of nitrogens with zero attached hydrogens (tertiary/aromatic N) is 4. The third kappa shape index (κ3) is 5.57. The zero-order valence-electron chi connectivity index (χ0n) is 18.8. The lowest BCUT2D eigenvalue weighted by atomic mass is 10.0. The molecule has 170 valence electrons. The topological polar surface area (TPSA) is 75.4 Å². The van der Waals surface area contributed by atoms with Gasteiger partial charge < -0.3 is 24.5 Å². The van der Waals surface area contributed by atoms with Crippen molar-refractivity contribution in [2.24, 2.45) is 4.99 Å². The predicted octanol–water partition coefficient (Wildman–Crippen LogP) is 2.12. The Kier molecular flexibility index (Phi) is 7.58. The number of fused-ring (bicyclic) bond motifs is 1.